The van der Waals surface area contributed by atoms with Gasteiger partial charge in [0, 0.05) is 12.1 Å². The number of anilines is 1. The van der Waals surface area contributed by atoms with Crippen molar-refractivity contribution in [1.82, 2.24) is 0 Å². The molecule has 5 nitrogen and oxygen atoms in total. The van der Waals surface area contributed by atoms with Gasteiger partial charge in [-0.25, -0.2) is 0 Å². The molecule has 1 amide bonds. The maximum atomic E-state index is 13.2. The number of carbonyl (C=O) groups is 2. The van der Waals surface area contributed by atoms with Gasteiger partial charge in [-0.2, -0.15) is 0 Å². The highest BCUT2D eigenvalue weighted by Crippen LogP contribution is 2.43. The van der Waals surface area contributed by atoms with Crippen LogP contribution in [0, 0.1) is 0 Å². The maximum Gasteiger partial charge on any atom is 0.264 e. The van der Waals surface area contributed by atoms with Crippen LogP contribution in [0.25, 0.3) is 6.08 Å². The molecule has 0 aromatic heterocycles. The SMILES string of the molecule is O=C(C[C@]1(O)C(=O)N(CC=Cc2ccccc2)c2ccccc21)c1ccccc1O. The first-order valence-corrected chi connectivity index (χ1v) is 9.67. The van der Waals surface area contributed by atoms with E-state index in [-0.39, 0.29) is 17.9 Å². The number of para-hydroxylation sites is 2. The van der Waals surface area contributed by atoms with Crippen LogP contribution in [0.1, 0.15) is 27.9 Å². The Hall–Kier alpha value is -3.70. The smallest absolute Gasteiger partial charge is 0.264 e. The number of fused-ring (bicyclic) bond motifs is 1. The molecule has 3 aromatic rings. The molecule has 0 spiro atoms. The normalized spacial score (nSPS) is 18.0. The highest BCUT2D eigenvalue weighted by Gasteiger charge is 2.50. The Morgan fingerprint density at radius 3 is 2.37 bits per heavy atom. The van der Waals surface area contributed by atoms with Crippen LogP contribution in [0.3, 0.4) is 0 Å². The Labute approximate surface area is 174 Å². The number of aliphatic hydroxyl groups is 1. The molecule has 4 rings (SSSR count). The van der Waals surface area contributed by atoms with Crippen LogP contribution >= 0.6 is 0 Å². The molecule has 0 saturated heterocycles. The van der Waals surface area contributed by atoms with Crippen LogP contribution in [0.5, 0.6) is 5.75 Å². The second kappa shape index (κ2) is 7.97. The zero-order valence-corrected chi connectivity index (χ0v) is 16.2. The molecule has 0 unspecified atom stereocenters. The Bertz CT molecular complexity index is 1120. The summed E-state index contributed by atoms with van der Waals surface area (Å²) in [5, 5.41) is 21.3. The molecule has 0 aliphatic carbocycles. The quantitative estimate of drug-likeness (QED) is 0.616. The van der Waals surface area contributed by atoms with Gasteiger partial charge in [-0.3, -0.25) is 9.59 Å². The molecule has 0 saturated carbocycles. The summed E-state index contributed by atoms with van der Waals surface area (Å²) in [6.45, 7) is 0.262. The predicted molar refractivity (Wildman–Crippen MR) is 115 cm³/mol. The standard InChI is InChI=1S/C25H21NO4/c27-22-15-7-4-12-19(22)23(28)17-25(30)20-13-5-6-14-21(20)26(24(25)29)16-8-11-18-9-2-1-3-10-18/h1-15,27,30H,16-17H2/t25-/m1/s1. The molecule has 1 aliphatic rings. The van der Waals surface area contributed by atoms with Crippen molar-refractivity contribution in [3.63, 3.8) is 0 Å². The minimum absolute atomic E-state index is 0.0821. The van der Waals surface area contributed by atoms with Crippen molar-refractivity contribution in [3.8, 4) is 5.75 Å². The lowest BCUT2D eigenvalue weighted by molar-refractivity contribution is -0.135. The molecule has 5 heteroatoms. The molecule has 0 radical (unpaired) electrons. The van der Waals surface area contributed by atoms with Crippen molar-refractivity contribution in [2.45, 2.75) is 12.0 Å². The summed E-state index contributed by atoms with van der Waals surface area (Å²) < 4.78 is 0. The molecule has 3 aromatic carbocycles. The summed E-state index contributed by atoms with van der Waals surface area (Å²) in [6.07, 6.45) is 3.31. The zero-order chi connectivity index (χ0) is 21.1. The van der Waals surface area contributed by atoms with Gasteiger partial charge >= 0.3 is 0 Å². The average molecular weight is 399 g/mol. The van der Waals surface area contributed by atoms with Gasteiger partial charge < -0.3 is 15.1 Å². The van der Waals surface area contributed by atoms with Gasteiger partial charge in [0.05, 0.1) is 17.7 Å². The van der Waals surface area contributed by atoms with Gasteiger partial charge in [-0.15, -0.1) is 0 Å². The first-order chi connectivity index (χ1) is 14.5. The number of ketones is 1. The van der Waals surface area contributed by atoms with Gasteiger partial charge in [0.2, 0.25) is 0 Å². The summed E-state index contributed by atoms with van der Waals surface area (Å²) in [5.41, 5.74) is 0.0806. The summed E-state index contributed by atoms with van der Waals surface area (Å²) in [6, 6.07) is 22.8. The van der Waals surface area contributed by atoms with Crippen molar-refractivity contribution in [2.75, 3.05) is 11.4 Å². The van der Waals surface area contributed by atoms with E-state index in [0.29, 0.717) is 11.3 Å². The van der Waals surface area contributed by atoms with Crippen molar-refractivity contribution in [1.29, 1.82) is 0 Å². The Morgan fingerprint density at radius 1 is 0.933 bits per heavy atom. The van der Waals surface area contributed by atoms with E-state index in [1.807, 2.05) is 42.5 Å². The molecule has 2 N–H and O–H groups in total. The maximum absolute atomic E-state index is 13.2. The summed E-state index contributed by atoms with van der Waals surface area (Å²) >= 11 is 0. The lowest BCUT2D eigenvalue weighted by Gasteiger charge is -2.22. The predicted octanol–water partition coefficient (Wildman–Crippen LogP) is 3.91. The van der Waals surface area contributed by atoms with Crippen LogP contribution in [0.2, 0.25) is 0 Å². The van der Waals surface area contributed by atoms with Gasteiger partial charge in [0.25, 0.3) is 5.91 Å². The summed E-state index contributed by atoms with van der Waals surface area (Å²) in [7, 11) is 0. The lowest BCUT2D eigenvalue weighted by Crippen LogP contribution is -2.42. The number of hydrogen-bond donors (Lipinski definition) is 2. The molecule has 150 valence electrons. The molecule has 1 aliphatic heterocycles. The average Bonchev–Trinajstić information content (AvgIpc) is 2.97. The number of carbonyl (C=O) groups excluding carboxylic acids is 2. The fraction of sp³-hybridized carbons (Fsp3) is 0.120. The minimum atomic E-state index is -1.98. The fourth-order valence-corrected chi connectivity index (χ4v) is 3.75. The highest BCUT2D eigenvalue weighted by molar-refractivity contribution is 6.11. The van der Waals surface area contributed by atoms with E-state index in [2.05, 4.69) is 0 Å². The van der Waals surface area contributed by atoms with Crippen molar-refractivity contribution < 1.29 is 19.8 Å². The van der Waals surface area contributed by atoms with E-state index < -0.39 is 23.7 Å². The number of nitrogens with zero attached hydrogens (tertiary/aromatic N) is 1. The highest BCUT2D eigenvalue weighted by atomic mass is 16.3. The minimum Gasteiger partial charge on any atom is -0.507 e. The number of aromatic hydroxyl groups is 1. The first kappa shape index (κ1) is 19.6. The third-order valence-electron chi connectivity index (χ3n) is 5.26. The molecule has 0 bridgehead atoms. The van der Waals surface area contributed by atoms with Gasteiger partial charge in [-0.1, -0.05) is 72.8 Å². The fourth-order valence-electron chi connectivity index (χ4n) is 3.75. The number of amides is 1. The molecule has 1 heterocycles. The van der Waals surface area contributed by atoms with Crippen molar-refractivity contribution in [3.05, 3.63) is 102 Å². The Kier molecular flexibility index (Phi) is 5.21. The van der Waals surface area contributed by atoms with Crippen molar-refractivity contribution >= 4 is 23.5 Å². The number of benzene rings is 3. The van der Waals surface area contributed by atoms with Crippen LogP contribution < -0.4 is 4.90 Å². The number of phenolic OH excluding ortho intramolecular Hbond substituents is 1. The second-order valence-corrected chi connectivity index (χ2v) is 7.22. The zero-order valence-electron chi connectivity index (χ0n) is 16.2. The van der Waals surface area contributed by atoms with Crippen LogP contribution in [-0.2, 0) is 10.4 Å². The topological polar surface area (TPSA) is 77.8 Å². The monoisotopic (exact) mass is 399 g/mol. The van der Waals surface area contributed by atoms with E-state index in [9.17, 15) is 19.8 Å². The molecule has 0 fully saturated rings. The number of phenols is 1. The largest absolute Gasteiger partial charge is 0.507 e. The summed E-state index contributed by atoms with van der Waals surface area (Å²) in [4.78, 5) is 27.5. The Balaban J connectivity index is 1.61. The van der Waals surface area contributed by atoms with E-state index in [1.54, 1.807) is 36.4 Å². The second-order valence-electron chi connectivity index (χ2n) is 7.22. The van der Waals surface area contributed by atoms with E-state index in [1.165, 1.54) is 17.0 Å². The van der Waals surface area contributed by atoms with Crippen LogP contribution in [-0.4, -0.2) is 28.4 Å². The number of hydrogen-bond acceptors (Lipinski definition) is 4. The third kappa shape index (κ3) is 3.51. The molecule has 30 heavy (non-hydrogen) atoms. The third-order valence-corrected chi connectivity index (χ3v) is 5.26. The van der Waals surface area contributed by atoms with Gasteiger partial charge in [0.1, 0.15) is 5.75 Å². The van der Waals surface area contributed by atoms with Crippen molar-refractivity contribution in [2.24, 2.45) is 0 Å². The van der Waals surface area contributed by atoms with Crippen LogP contribution in [0.4, 0.5) is 5.69 Å². The lowest BCUT2D eigenvalue weighted by atomic mass is 9.88. The van der Waals surface area contributed by atoms with E-state index in [0.717, 1.165) is 5.56 Å². The molecular formula is C25H21NO4. The van der Waals surface area contributed by atoms with Crippen LogP contribution in [0.15, 0.2) is 84.9 Å². The number of Topliss-reactive ketones (excluding diaryl/α,β-unsaturated/α-hetero) is 1. The first-order valence-electron chi connectivity index (χ1n) is 9.67. The molecule has 1 atom stereocenters. The Morgan fingerprint density at radius 2 is 1.60 bits per heavy atom. The van der Waals surface area contributed by atoms with E-state index in [4.69, 9.17) is 0 Å². The van der Waals surface area contributed by atoms with Gasteiger partial charge in [-0.05, 0) is 23.8 Å². The molecular weight excluding hydrogens is 378 g/mol. The summed E-state index contributed by atoms with van der Waals surface area (Å²) in [5.74, 6) is -1.22. The van der Waals surface area contributed by atoms with E-state index >= 15 is 0 Å². The van der Waals surface area contributed by atoms with Gasteiger partial charge in [0.15, 0.2) is 11.4 Å². The number of rotatable bonds is 6.